The second-order valence-corrected chi connectivity index (χ2v) is 15.9. The minimum atomic E-state index is -0.848. The van der Waals surface area contributed by atoms with Gasteiger partial charge in [0, 0.05) is 38.0 Å². The van der Waals surface area contributed by atoms with Crippen molar-refractivity contribution in [3.63, 3.8) is 0 Å². The van der Waals surface area contributed by atoms with Crippen LogP contribution < -0.4 is 10.6 Å². The molecule has 2 saturated carbocycles. The van der Waals surface area contributed by atoms with E-state index >= 15 is 0 Å². The zero-order valence-corrected chi connectivity index (χ0v) is 28.8. The van der Waals surface area contributed by atoms with Crippen LogP contribution in [0.15, 0.2) is 12.1 Å². The number of hydrogen-bond acceptors (Lipinski definition) is 10. The topological polar surface area (TPSA) is 129 Å². The third-order valence-electron chi connectivity index (χ3n) is 11.2. The Labute approximate surface area is 273 Å². The summed E-state index contributed by atoms with van der Waals surface area (Å²) >= 11 is 0. The second kappa shape index (κ2) is 12.6. The van der Waals surface area contributed by atoms with E-state index in [1.165, 1.54) is 12.1 Å². The van der Waals surface area contributed by atoms with Gasteiger partial charge in [-0.2, -0.15) is 0 Å². The third-order valence-corrected chi connectivity index (χ3v) is 11.2. The number of nitrogens with one attached hydrogen (secondary N) is 2. The average molecular weight is 641 g/mol. The van der Waals surface area contributed by atoms with Gasteiger partial charge in [0.1, 0.15) is 22.4 Å². The SMILES string of the molecule is CC(C)(OC(=O)c1cc(C(=O)OC(C)(C)C2CCC2)c(C(=O)OC(C)(C)C2CNC2)cc1C(=O)OC(C)(C)C1CNC1)C1CCC1. The molecule has 2 saturated heterocycles. The van der Waals surface area contributed by atoms with Crippen LogP contribution in [0.2, 0.25) is 0 Å². The number of rotatable bonds is 12. The molecule has 10 nitrogen and oxygen atoms in total. The highest BCUT2D eigenvalue weighted by Gasteiger charge is 2.44. The van der Waals surface area contributed by atoms with Crippen molar-refractivity contribution in [1.82, 2.24) is 10.6 Å². The predicted octanol–water partition coefficient (Wildman–Crippen LogP) is 5.47. The van der Waals surface area contributed by atoms with Gasteiger partial charge < -0.3 is 29.6 Å². The molecular weight excluding hydrogens is 588 g/mol. The lowest BCUT2D eigenvalue weighted by atomic mass is 9.74. The van der Waals surface area contributed by atoms with Gasteiger partial charge >= 0.3 is 23.9 Å². The summed E-state index contributed by atoms with van der Waals surface area (Å²) < 4.78 is 24.1. The van der Waals surface area contributed by atoms with E-state index in [1.807, 2.05) is 55.4 Å². The monoisotopic (exact) mass is 640 g/mol. The summed E-state index contributed by atoms with van der Waals surface area (Å²) in [6.07, 6.45) is 5.86. The van der Waals surface area contributed by atoms with E-state index < -0.39 is 46.3 Å². The lowest BCUT2D eigenvalue weighted by Gasteiger charge is -2.41. The van der Waals surface area contributed by atoms with Crippen molar-refractivity contribution >= 4 is 23.9 Å². The van der Waals surface area contributed by atoms with Crippen LogP contribution >= 0.6 is 0 Å². The normalized spacial score (nSPS) is 20.0. The standard InChI is InChI=1S/C36H52N2O8/c1-33(2,21-11-9-12-21)43-29(39)25-15-26(30(40)44-34(3,4)22-13-10-14-22)28(32(42)46-36(7,8)24-19-38-20-24)16-27(25)31(41)45-35(5,6)23-17-37-18-23/h15-16,21-24,37-38H,9-14,17-20H2,1-8H3. The third kappa shape index (κ3) is 6.98. The first-order valence-corrected chi connectivity index (χ1v) is 16.9. The fraction of sp³-hybridized carbons (Fsp3) is 0.722. The van der Waals surface area contributed by atoms with Crippen LogP contribution in [0.5, 0.6) is 0 Å². The van der Waals surface area contributed by atoms with E-state index in [4.69, 9.17) is 18.9 Å². The Morgan fingerprint density at radius 3 is 0.891 bits per heavy atom. The molecule has 0 atom stereocenters. The molecule has 2 aliphatic heterocycles. The van der Waals surface area contributed by atoms with E-state index in [0.29, 0.717) is 26.2 Å². The molecule has 1 aromatic carbocycles. The van der Waals surface area contributed by atoms with Crippen molar-refractivity contribution in [1.29, 1.82) is 0 Å². The zero-order chi connectivity index (χ0) is 33.7. The molecule has 2 aliphatic carbocycles. The van der Waals surface area contributed by atoms with Crippen LogP contribution in [0.1, 0.15) is 135 Å². The number of esters is 4. The second-order valence-electron chi connectivity index (χ2n) is 15.9. The van der Waals surface area contributed by atoms with Gasteiger partial charge in [0.05, 0.1) is 22.3 Å². The first kappa shape index (κ1) is 34.4. The minimum absolute atomic E-state index is 0.0775. The molecule has 254 valence electrons. The lowest BCUT2D eigenvalue weighted by Crippen LogP contribution is -2.55. The van der Waals surface area contributed by atoms with Gasteiger partial charge in [-0.25, -0.2) is 19.2 Å². The Bertz CT molecular complexity index is 1160. The summed E-state index contributed by atoms with van der Waals surface area (Å²) in [5, 5.41) is 6.39. The highest BCUT2D eigenvalue weighted by molar-refractivity contribution is 6.10. The molecule has 46 heavy (non-hydrogen) atoms. The predicted molar refractivity (Wildman–Crippen MR) is 172 cm³/mol. The van der Waals surface area contributed by atoms with Gasteiger partial charge in [-0.15, -0.1) is 0 Å². The van der Waals surface area contributed by atoms with Gasteiger partial charge in [-0.3, -0.25) is 0 Å². The van der Waals surface area contributed by atoms with Gasteiger partial charge in [0.25, 0.3) is 0 Å². The van der Waals surface area contributed by atoms with Crippen molar-refractivity contribution in [3.05, 3.63) is 34.4 Å². The highest BCUT2D eigenvalue weighted by atomic mass is 16.6. The Morgan fingerprint density at radius 1 is 0.478 bits per heavy atom. The summed E-state index contributed by atoms with van der Waals surface area (Å²) in [6.45, 7) is 17.5. The molecule has 4 fully saturated rings. The zero-order valence-electron chi connectivity index (χ0n) is 28.8. The molecule has 0 amide bonds. The fourth-order valence-corrected chi connectivity index (χ4v) is 6.55. The summed E-state index contributed by atoms with van der Waals surface area (Å²) in [6, 6.07) is 2.52. The average Bonchev–Trinajstić information content (AvgIpc) is 2.75. The van der Waals surface area contributed by atoms with Crippen molar-refractivity contribution in [3.8, 4) is 0 Å². The van der Waals surface area contributed by atoms with Crippen LogP contribution in [0.3, 0.4) is 0 Å². The number of benzene rings is 1. The molecule has 2 heterocycles. The number of carbonyl (C=O) groups is 4. The summed E-state index contributed by atoms with van der Waals surface area (Å²) in [7, 11) is 0. The largest absolute Gasteiger partial charge is 0.456 e. The molecule has 0 unspecified atom stereocenters. The maximum absolute atomic E-state index is 14.0. The van der Waals surface area contributed by atoms with E-state index in [-0.39, 0.29) is 45.9 Å². The highest BCUT2D eigenvalue weighted by Crippen LogP contribution is 2.41. The van der Waals surface area contributed by atoms with Crippen LogP contribution in [-0.4, -0.2) is 72.5 Å². The van der Waals surface area contributed by atoms with Crippen molar-refractivity contribution < 1.29 is 38.1 Å². The molecule has 0 spiro atoms. The molecule has 1 aromatic rings. The molecule has 5 rings (SSSR count). The first-order valence-electron chi connectivity index (χ1n) is 16.9. The van der Waals surface area contributed by atoms with Crippen LogP contribution in [0.4, 0.5) is 0 Å². The summed E-state index contributed by atoms with van der Waals surface area (Å²) in [5.41, 5.74) is -3.88. The minimum Gasteiger partial charge on any atom is -0.456 e. The molecule has 0 aromatic heterocycles. The summed E-state index contributed by atoms with van der Waals surface area (Å²) in [5.74, 6) is -2.57. The molecular formula is C36H52N2O8. The summed E-state index contributed by atoms with van der Waals surface area (Å²) in [4.78, 5) is 55.8. The lowest BCUT2D eigenvalue weighted by molar-refractivity contribution is -0.0522. The van der Waals surface area contributed by atoms with Gasteiger partial charge in [0.15, 0.2) is 0 Å². The van der Waals surface area contributed by atoms with Crippen molar-refractivity contribution in [2.45, 2.75) is 116 Å². The number of hydrogen-bond donors (Lipinski definition) is 2. The van der Waals surface area contributed by atoms with Gasteiger partial charge in [-0.05, 0) is 105 Å². The quantitative estimate of drug-likeness (QED) is 0.224. The van der Waals surface area contributed by atoms with Crippen LogP contribution in [0.25, 0.3) is 0 Å². The fourth-order valence-electron chi connectivity index (χ4n) is 6.55. The maximum Gasteiger partial charge on any atom is 0.339 e. The van der Waals surface area contributed by atoms with E-state index in [0.717, 1.165) is 38.5 Å². The molecule has 2 N–H and O–H groups in total. The maximum atomic E-state index is 14.0. The Morgan fingerprint density at radius 2 is 0.717 bits per heavy atom. The van der Waals surface area contributed by atoms with Crippen LogP contribution in [0, 0.1) is 23.7 Å². The Balaban J connectivity index is 1.57. The Kier molecular flexibility index (Phi) is 9.38. The molecule has 10 heteroatoms. The number of ether oxygens (including phenoxy) is 4. The molecule has 0 radical (unpaired) electrons. The van der Waals surface area contributed by atoms with E-state index in [2.05, 4.69) is 10.6 Å². The molecule has 4 aliphatic rings. The Hall–Kier alpha value is -2.98. The van der Waals surface area contributed by atoms with Gasteiger partial charge in [-0.1, -0.05) is 12.8 Å². The number of carbonyl (C=O) groups excluding carboxylic acids is 4. The van der Waals surface area contributed by atoms with Crippen molar-refractivity contribution in [2.75, 3.05) is 26.2 Å². The first-order chi connectivity index (χ1) is 21.4. The smallest absolute Gasteiger partial charge is 0.339 e. The van der Waals surface area contributed by atoms with E-state index in [1.54, 1.807) is 0 Å². The molecule has 0 bridgehead atoms. The van der Waals surface area contributed by atoms with Gasteiger partial charge in [0.2, 0.25) is 0 Å². The van der Waals surface area contributed by atoms with E-state index in [9.17, 15) is 19.2 Å². The van der Waals surface area contributed by atoms with Crippen LogP contribution in [-0.2, 0) is 18.9 Å². The van der Waals surface area contributed by atoms with Crippen molar-refractivity contribution in [2.24, 2.45) is 23.7 Å².